The van der Waals surface area contributed by atoms with Crippen LogP contribution in [-0.4, -0.2) is 53.2 Å². The zero-order valence-electron chi connectivity index (χ0n) is 10.6. The summed E-state index contributed by atoms with van der Waals surface area (Å²) < 4.78 is 35.9. The third-order valence-electron chi connectivity index (χ3n) is 3.43. The fraction of sp³-hybridized carbons (Fsp3) is 0.818. The van der Waals surface area contributed by atoms with E-state index in [4.69, 9.17) is 0 Å². The van der Waals surface area contributed by atoms with Gasteiger partial charge in [0.1, 0.15) is 12.1 Å². The van der Waals surface area contributed by atoms with E-state index >= 15 is 0 Å². The quantitative estimate of drug-likeness (QED) is 0.789. The molecule has 2 N–H and O–H groups in total. The van der Waals surface area contributed by atoms with Crippen molar-refractivity contribution in [1.29, 1.82) is 0 Å². The summed E-state index contributed by atoms with van der Waals surface area (Å²) in [5.41, 5.74) is -1.13. The number of rotatable bonds is 5. The van der Waals surface area contributed by atoms with Gasteiger partial charge in [0.15, 0.2) is 0 Å². The topological polar surface area (TPSA) is 69.6 Å². The molecule has 1 fully saturated rings. The standard InChI is InChI=1S/C11H17F3N2O3/c1-2-10(9(18)19)4-3-5-16(10)6-8(17)15-7-11(12,13)14/h2-7H2,1H3,(H,15,17)(H,18,19). The number of alkyl halides is 3. The van der Waals surface area contributed by atoms with E-state index in [1.807, 2.05) is 0 Å². The minimum atomic E-state index is -4.46. The lowest BCUT2D eigenvalue weighted by Crippen LogP contribution is -2.53. The molecule has 110 valence electrons. The molecule has 0 aromatic heterocycles. The molecule has 19 heavy (non-hydrogen) atoms. The van der Waals surface area contributed by atoms with Gasteiger partial charge >= 0.3 is 12.1 Å². The molecule has 0 radical (unpaired) electrons. The van der Waals surface area contributed by atoms with E-state index in [0.29, 0.717) is 25.8 Å². The lowest BCUT2D eigenvalue weighted by atomic mass is 9.93. The van der Waals surface area contributed by atoms with Crippen molar-refractivity contribution in [2.45, 2.75) is 37.9 Å². The highest BCUT2D eigenvalue weighted by Gasteiger charge is 2.46. The van der Waals surface area contributed by atoms with E-state index in [1.165, 1.54) is 4.90 Å². The van der Waals surface area contributed by atoms with Crippen molar-refractivity contribution in [3.05, 3.63) is 0 Å². The van der Waals surface area contributed by atoms with E-state index in [9.17, 15) is 27.9 Å². The normalized spacial score (nSPS) is 24.4. The van der Waals surface area contributed by atoms with Crippen LogP contribution in [0.1, 0.15) is 26.2 Å². The molecule has 0 aliphatic carbocycles. The lowest BCUT2D eigenvalue weighted by molar-refractivity contribution is -0.151. The lowest BCUT2D eigenvalue weighted by Gasteiger charge is -2.33. The maximum atomic E-state index is 12.0. The molecule has 1 saturated heterocycles. The van der Waals surface area contributed by atoms with Crippen LogP contribution >= 0.6 is 0 Å². The molecule has 0 aromatic rings. The van der Waals surface area contributed by atoms with E-state index in [2.05, 4.69) is 0 Å². The average Bonchev–Trinajstić information content (AvgIpc) is 2.69. The summed E-state index contributed by atoms with van der Waals surface area (Å²) in [7, 11) is 0. The molecule has 1 amide bonds. The smallest absolute Gasteiger partial charge is 0.405 e. The van der Waals surface area contributed by atoms with Crippen LogP contribution in [0.5, 0.6) is 0 Å². The Morgan fingerprint density at radius 2 is 2.05 bits per heavy atom. The number of likely N-dealkylation sites (tertiary alicyclic amines) is 1. The Hall–Kier alpha value is -1.31. The monoisotopic (exact) mass is 282 g/mol. The van der Waals surface area contributed by atoms with Gasteiger partial charge in [-0.3, -0.25) is 14.5 Å². The van der Waals surface area contributed by atoms with Crippen LogP contribution in [0.15, 0.2) is 0 Å². The van der Waals surface area contributed by atoms with Gasteiger partial charge in [0.25, 0.3) is 0 Å². The van der Waals surface area contributed by atoms with Crippen molar-refractivity contribution < 1.29 is 27.9 Å². The third kappa shape index (κ3) is 3.82. The Kier molecular flexibility index (Phi) is 4.78. The van der Waals surface area contributed by atoms with Crippen molar-refractivity contribution in [3.8, 4) is 0 Å². The summed E-state index contributed by atoms with van der Waals surface area (Å²) in [6, 6.07) is 0. The second-order valence-corrected chi connectivity index (χ2v) is 4.61. The van der Waals surface area contributed by atoms with Gasteiger partial charge in [-0.05, 0) is 25.8 Å². The van der Waals surface area contributed by atoms with Crippen LogP contribution in [0.25, 0.3) is 0 Å². The summed E-state index contributed by atoms with van der Waals surface area (Å²) in [4.78, 5) is 24.2. The second-order valence-electron chi connectivity index (χ2n) is 4.61. The maximum Gasteiger partial charge on any atom is 0.405 e. The van der Waals surface area contributed by atoms with Crippen molar-refractivity contribution in [1.82, 2.24) is 10.2 Å². The van der Waals surface area contributed by atoms with Crippen LogP contribution in [-0.2, 0) is 9.59 Å². The number of hydrogen-bond acceptors (Lipinski definition) is 3. The second kappa shape index (κ2) is 5.77. The van der Waals surface area contributed by atoms with E-state index in [1.54, 1.807) is 12.2 Å². The summed E-state index contributed by atoms with van der Waals surface area (Å²) in [5.74, 6) is -1.84. The number of carbonyl (C=O) groups is 2. The summed E-state index contributed by atoms with van der Waals surface area (Å²) in [6.07, 6.45) is -3.12. The predicted molar refractivity (Wildman–Crippen MR) is 60.5 cm³/mol. The largest absolute Gasteiger partial charge is 0.480 e. The molecule has 1 aliphatic rings. The average molecular weight is 282 g/mol. The number of nitrogens with one attached hydrogen (secondary N) is 1. The molecule has 1 heterocycles. The molecule has 0 bridgehead atoms. The number of halogens is 3. The number of carboxylic acid groups (broad SMARTS) is 1. The van der Waals surface area contributed by atoms with Gasteiger partial charge in [-0.2, -0.15) is 13.2 Å². The highest BCUT2D eigenvalue weighted by atomic mass is 19.4. The molecule has 1 atom stereocenters. The third-order valence-corrected chi connectivity index (χ3v) is 3.43. The number of nitrogens with zero attached hydrogens (tertiary/aromatic N) is 1. The fourth-order valence-corrected chi connectivity index (χ4v) is 2.39. The number of carboxylic acids is 1. The fourth-order valence-electron chi connectivity index (χ4n) is 2.39. The van der Waals surface area contributed by atoms with E-state index in [0.717, 1.165) is 0 Å². The molecular formula is C11H17F3N2O3. The first-order valence-electron chi connectivity index (χ1n) is 6.03. The number of carbonyl (C=O) groups excluding carboxylic acids is 1. The molecule has 0 saturated carbocycles. The number of hydrogen-bond donors (Lipinski definition) is 2. The van der Waals surface area contributed by atoms with Crippen molar-refractivity contribution in [2.75, 3.05) is 19.6 Å². The SMILES string of the molecule is CCC1(C(=O)O)CCCN1CC(=O)NCC(F)(F)F. The Bertz CT molecular complexity index is 360. The number of aliphatic carboxylic acids is 1. The van der Waals surface area contributed by atoms with Gasteiger partial charge in [0.2, 0.25) is 5.91 Å². The van der Waals surface area contributed by atoms with Gasteiger partial charge < -0.3 is 10.4 Å². The predicted octanol–water partition coefficient (Wildman–Crippen LogP) is 0.994. The first kappa shape index (κ1) is 15.7. The van der Waals surface area contributed by atoms with Crippen LogP contribution in [0.2, 0.25) is 0 Å². The van der Waals surface area contributed by atoms with Crippen molar-refractivity contribution >= 4 is 11.9 Å². The minimum absolute atomic E-state index is 0.314. The Labute approximate surface area is 108 Å². The molecule has 5 nitrogen and oxygen atoms in total. The Balaban J connectivity index is 2.60. The summed E-state index contributed by atoms with van der Waals surface area (Å²) in [5, 5.41) is 11.0. The van der Waals surface area contributed by atoms with E-state index < -0.39 is 30.1 Å². The zero-order chi connectivity index (χ0) is 14.7. The van der Waals surface area contributed by atoms with Gasteiger partial charge in [-0.25, -0.2) is 0 Å². The molecule has 1 aliphatic heterocycles. The van der Waals surface area contributed by atoms with Crippen molar-refractivity contribution in [2.24, 2.45) is 0 Å². The van der Waals surface area contributed by atoms with Gasteiger partial charge in [0.05, 0.1) is 6.54 Å². The van der Waals surface area contributed by atoms with Crippen LogP contribution in [0.4, 0.5) is 13.2 Å². The van der Waals surface area contributed by atoms with Gasteiger partial charge in [0, 0.05) is 0 Å². The summed E-state index contributed by atoms with van der Waals surface area (Å²) >= 11 is 0. The summed E-state index contributed by atoms with van der Waals surface area (Å²) in [6.45, 7) is 0.377. The van der Waals surface area contributed by atoms with Gasteiger partial charge in [-0.1, -0.05) is 6.92 Å². The van der Waals surface area contributed by atoms with Crippen LogP contribution < -0.4 is 5.32 Å². The van der Waals surface area contributed by atoms with Crippen molar-refractivity contribution in [3.63, 3.8) is 0 Å². The minimum Gasteiger partial charge on any atom is -0.480 e. The molecule has 8 heteroatoms. The Morgan fingerprint density at radius 3 is 2.53 bits per heavy atom. The highest BCUT2D eigenvalue weighted by molar-refractivity contribution is 5.82. The Morgan fingerprint density at radius 1 is 1.42 bits per heavy atom. The number of amides is 1. The zero-order valence-corrected chi connectivity index (χ0v) is 10.6. The molecule has 1 rings (SSSR count). The van der Waals surface area contributed by atoms with E-state index in [-0.39, 0.29) is 6.54 Å². The first-order valence-corrected chi connectivity index (χ1v) is 6.03. The molecule has 0 aromatic carbocycles. The molecule has 0 spiro atoms. The van der Waals surface area contributed by atoms with Gasteiger partial charge in [-0.15, -0.1) is 0 Å². The van der Waals surface area contributed by atoms with Crippen LogP contribution in [0, 0.1) is 0 Å². The maximum absolute atomic E-state index is 12.0. The first-order chi connectivity index (χ1) is 8.71. The molecule has 1 unspecified atom stereocenters. The van der Waals surface area contributed by atoms with Crippen LogP contribution in [0.3, 0.4) is 0 Å². The molecular weight excluding hydrogens is 265 g/mol. The highest BCUT2D eigenvalue weighted by Crippen LogP contribution is 2.32.